The highest BCUT2D eigenvalue weighted by molar-refractivity contribution is 5.96. The zero-order chi connectivity index (χ0) is 17.7. The summed E-state index contributed by atoms with van der Waals surface area (Å²) < 4.78 is 0. The Balaban J connectivity index is 2.00. The van der Waals surface area contributed by atoms with E-state index in [0.29, 0.717) is 24.2 Å². The number of nitrogens with one attached hydrogen (secondary N) is 2. The van der Waals surface area contributed by atoms with Gasteiger partial charge >= 0.3 is 5.97 Å². The van der Waals surface area contributed by atoms with Gasteiger partial charge in [-0.15, -0.1) is 0 Å². The van der Waals surface area contributed by atoms with E-state index in [9.17, 15) is 19.5 Å². The monoisotopic (exact) mass is 330 g/mol. The second-order valence-corrected chi connectivity index (χ2v) is 6.20. The minimum atomic E-state index is -0.953. The van der Waals surface area contributed by atoms with Crippen molar-refractivity contribution < 1.29 is 19.5 Å². The van der Waals surface area contributed by atoms with Crippen molar-refractivity contribution in [1.82, 2.24) is 0 Å². The number of carbonyl (C=O) groups is 3. The molecule has 1 aliphatic carbocycles. The highest BCUT2D eigenvalue weighted by Crippen LogP contribution is 2.27. The van der Waals surface area contributed by atoms with Crippen LogP contribution in [0.15, 0.2) is 36.4 Å². The molecule has 0 fully saturated rings. The molecule has 0 saturated carbocycles. The van der Waals surface area contributed by atoms with Crippen molar-refractivity contribution in [2.45, 2.75) is 26.7 Å². The van der Waals surface area contributed by atoms with Crippen LogP contribution in [0, 0.1) is 17.8 Å². The molecule has 0 aromatic heterocycles. The summed E-state index contributed by atoms with van der Waals surface area (Å²) in [6.07, 6.45) is 4.43. The second kappa shape index (κ2) is 7.77. The van der Waals surface area contributed by atoms with Crippen LogP contribution >= 0.6 is 0 Å². The molecule has 0 aliphatic heterocycles. The molecule has 0 heterocycles. The van der Waals surface area contributed by atoms with Crippen LogP contribution in [-0.4, -0.2) is 22.9 Å². The van der Waals surface area contributed by atoms with E-state index in [4.69, 9.17) is 0 Å². The molecule has 1 aliphatic rings. The molecule has 1 aromatic carbocycles. The van der Waals surface area contributed by atoms with Gasteiger partial charge in [-0.05, 0) is 37.1 Å². The molecule has 2 amide bonds. The molecule has 0 saturated heterocycles. The van der Waals surface area contributed by atoms with Crippen molar-refractivity contribution in [1.29, 1.82) is 0 Å². The fourth-order valence-corrected chi connectivity index (χ4v) is 2.54. The summed E-state index contributed by atoms with van der Waals surface area (Å²) in [5, 5.41) is 14.8. The van der Waals surface area contributed by atoms with E-state index < -0.39 is 17.8 Å². The number of carbonyl (C=O) groups excluding carboxylic acids is 2. The van der Waals surface area contributed by atoms with E-state index in [1.165, 1.54) is 0 Å². The van der Waals surface area contributed by atoms with Crippen LogP contribution in [0.3, 0.4) is 0 Å². The van der Waals surface area contributed by atoms with E-state index in [-0.39, 0.29) is 17.7 Å². The van der Waals surface area contributed by atoms with Crippen LogP contribution in [0.2, 0.25) is 0 Å². The number of hydrogen-bond acceptors (Lipinski definition) is 3. The quantitative estimate of drug-likeness (QED) is 0.723. The maximum Gasteiger partial charge on any atom is 0.307 e. The summed E-state index contributed by atoms with van der Waals surface area (Å²) in [5.41, 5.74) is 1.22. The number of allylic oxidation sites excluding steroid dienone is 2. The van der Waals surface area contributed by atoms with E-state index in [1.807, 2.05) is 6.08 Å². The second-order valence-electron chi connectivity index (χ2n) is 6.20. The van der Waals surface area contributed by atoms with Crippen LogP contribution in [0.5, 0.6) is 0 Å². The number of amides is 2. The maximum absolute atomic E-state index is 12.4. The number of anilines is 2. The van der Waals surface area contributed by atoms with Crippen LogP contribution < -0.4 is 10.6 Å². The first-order valence-corrected chi connectivity index (χ1v) is 7.98. The van der Waals surface area contributed by atoms with Crippen LogP contribution in [-0.2, 0) is 14.4 Å². The Morgan fingerprint density at radius 3 is 1.96 bits per heavy atom. The third-order valence-electron chi connectivity index (χ3n) is 4.03. The number of aliphatic carboxylic acids is 1. The number of benzene rings is 1. The Hall–Kier alpha value is -2.63. The molecular weight excluding hydrogens is 308 g/mol. The summed E-state index contributed by atoms with van der Waals surface area (Å²) in [7, 11) is 0. The zero-order valence-corrected chi connectivity index (χ0v) is 13.8. The SMILES string of the molecule is CC(C)C(=O)Nc1ccc(NC(=O)C2CC=CCC2C(=O)O)cc1. The van der Waals surface area contributed by atoms with Gasteiger partial charge in [0.2, 0.25) is 11.8 Å². The molecule has 3 N–H and O–H groups in total. The van der Waals surface area contributed by atoms with Crippen molar-refractivity contribution >= 4 is 29.2 Å². The van der Waals surface area contributed by atoms with Gasteiger partial charge in [0, 0.05) is 17.3 Å². The molecule has 24 heavy (non-hydrogen) atoms. The van der Waals surface area contributed by atoms with E-state index in [0.717, 1.165) is 0 Å². The molecule has 0 bridgehead atoms. The Kier molecular flexibility index (Phi) is 5.73. The summed E-state index contributed by atoms with van der Waals surface area (Å²) >= 11 is 0. The van der Waals surface area contributed by atoms with Crippen LogP contribution in [0.1, 0.15) is 26.7 Å². The number of carboxylic acids is 1. The van der Waals surface area contributed by atoms with Gasteiger partial charge in [0.05, 0.1) is 11.8 Å². The predicted molar refractivity (Wildman–Crippen MR) is 91.5 cm³/mol. The highest BCUT2D eigenvalue weighted by Gasteiger charge is 2.33. The lowest BCUT2D eigenvalue weighted by Crippen LogP contribution is -2.34. The first kappa shape index (κ1) is 17.7. The van der Waals surface area contributed by atoms with Crippen molar-refractivity contribution in [2.75, 3.05) is 10.6 Å². The first-order chi connectivity index (χ1) is 11.4. The Morgan fingerprint density at radius 1 is 0.958 bits per heavy atom. The predicted octanol–water partition coefficient (Wildman–Crippen LogP) is 2.89. The van der Waals surface area contributed by atoms with Crippen LogP contribution in [0.4, 0.5) is 11.4 Å². The van der Waals surface area contributed by atoms with Gasteiger partial charge in [-0.3, -0.25) is 14.4 Å². The fourth-order valence-electron chi connectivity index (χ4n) is 2.54. The summed E-state index contributed by atoms with van der Waals surface area (Å²) in [6.45, 7) is 3.61. The van der Waals surface area contributed by atoms with Crippen molar-refractivity contribution in [3.05, 3.63) is 36.4 Å². The van der Waals surface area contributed by atoms with Gasteiger partial charge in [-0.2, -0.15) is 0 Å². The van der Waals surface area contributed by atoms with Gasteiger partial charge in [-0.1, -0.05) is 26.0 Å². The van der Waals surface area contributed by atoms with Crippen molar-refractivity contribution in [2.24, 2.45) is 17.8 Å². The first-order valence-electron chi connectivity index (χ1n) is 7.98. The molecule has 0 radical (unpaired) electrons. The standard InChI is InChI=1S/C18H22N2O4/c1-11(2)16(21)19-12-7-9-13(10-8-12)20-17(22)14-5-3-4-6-15(14)18(23)24/h3-4,7-11,14-15H,5-6H2,1-2H3,(H,19,21)(H,20,22)(H,23,24). The molecule has 0 spiro atoms. The lowest BCUT2D eigenvalue weighted by atomic mass is 9.82. The molecule has 2 unspecified atom stereocenters. The van der Waals surface area contributed by atoms with Gasteiger partial charge < -0.3 is 15.7 Å². The zero-order valence-electron chi connectivity index (χ0n) is 13.8. The topological polar surface area (TPSA) is 95.5 Å². The summed E-state index contributed by atoms with van der Waals surface area (Å²) in [4.78, 5) is 35.3. The summed E-state index contributed by atoms with van der Waals surface area (Å²) in [6, 6.07) is 6.77. The lowest BCUT2D eigenvalue weighted by molar-refractivity contribution is -0.146. The number of hydrogen-bond donors (Lipinski definition) is 3. The Bertz CT molecular complexity index is 649. The third-order valence-corrected chi connectivity index (χ3v) is 4.03. The molecule has 2 atom stereocenters. The van der Waals surface area contributed by atoms with Gasteiger partial charge in [0.1, 0.15) is 0 Å². The normalized spacial score (nSPS) is 19.8. The molecule has 6 nitrogen and oxygen atoms in total. The average molecular weight is 330 g/mol. The minimum Gasteiger partial charge on any atom is -0.481 e. The fraction of sp³-hybridized carbons (Fsp3) is 0.389. The number of rotatable bonds is 5. The Morgan fingerprint density at radius 2 is 1.46 bits per heavy atom. The molecular formula is C18H22N2O4. The van der Waals surface area contributed by atoms with Gasteiger partial charge in [-0.25, -0.2) is 0 Å². The number of carboxylic acid groups (broad SMARTS) is 1. The van der Waals surface area contributed by atoms with Crippen LogP contribution in [0.25, 0.3) is 0 Å². The molecule has 6 heteroatoms. The van der Waals surface area contributed by atoms with E-state index >= 15 is 0 Å². The summed E-state index contributed by atoms with van der Waals surface area (Å²) in [5.74, 6) is -2.72. The minimum absolute atomic E-state index is 0.0786. The van der Waals surface area contributed by atoms with Gasteiger partial charge in [0.15, 0.2) is 0 Å². The Labute approximate surface area is 140 Å². The van der Waals surface area contributed by atoms with E-state index in [2.05, 4.69) is 10.6 Å². The smallest absolute Gasteiger partial charge is 0.307 e. The third kappa shape index (κ3) is 4.44. The maximum atomic E-state index is 12.4. The van der Waals surface area contributed by atoms with Crippen molar-refractivity contribution in [3.8, 4) is 0 Å². The largest absolute Gasteiger partial charge is 0.481 e. The average Bonchev–Trinajstić information content (AvgIpc) is 2.56. The van der Waals surface area contributed by atoms with Crippen molar-refractivity contribution in [3.63, 3.8) is 0 Å². The molecule has 2 rings (SSSR count). The lowest BCUT2D eigenvalue weighted by Gasteiger charge is -2.24. The highest BCUT2D eigenvalue weighted by atomic mass is 16.4. The molecule has 1 aromatic rings. The van der Waals surface area contributed by atoms with Gasteiger partial charge in [0.25, 0.3) is 0 Å². The van der Waals surface area contributed by atoms with E-state index in [1.54, 1.807) is 44.2 Å². The molecule has 128 valence electrons.